The van der Waals surface area contributed by atoms with Crippen molar-refractivity contribution in [1.82, 2.24) is 0 Å². The summed E-state index contributed by atoms with van der Waals surface area (Å²) in [5.74, 6) is 0. The molecule has 2 rings (SSSR count). The molecular formula is C15H14O. The summed E-state index contributed by atoms with van der Waals surface area (Å²) in [7, 11) is 0. The van der Waals surface area contributed by atoms with Gasteiger partial charge in [-0.25, -0.2) is 0 Å². The molecule has 0 saturated heterocycles. The molecule has 1 nitrogen and oxygen atoms in total. The summed E-state index contributed by atoms with van der Waals surface area (Å²) in [6.45, 7) is 2.11. The predicted molar refractivity (Wildman–Crippen MR) is 67.3 cm³/mol. The van der Waals surface area contributed by atoms with E-state index in [4.69, 9.17) is 0 Å². The fourth-order valence-electron chi connectivity index (χ4n) is 1.89. The van der Waals surface area contributed by atoms with Crippen molar-refractivity contribution in [2.45, 2.75) is 13.3 Å². The second-order valence-electron chi connectivity index (χ2n) is 3.89. The van der Waals surface area contributed by atoms with Crippen LogP contribution in [0, 0.1) is 0 Å². The second-order valence-corrected chi connectivity index (χ2v) is 3.89. The number of hydrogen-bond donors (Lipinski definition) is 0. The van der Waals surface area contributed by atoms with Crippen molar-refractivity contribution in [3.8, 4) is 0 Å². The lowest BCUT2D eigenvalue weighted by Crippen LogP contribution is -1.92. The highest BCUT2D eigenvalue weighted by Gasteiger charge is 2.07. The smallest absolute Gasteiger partial charge is 0.150 e. The molecule has 1 aliphatic carbocycles. The van der Waals surface area contributed by atoms with E-state index in [1.807, 2.05) is 36.4 Å². The van der Waals surface area contributed by atoms with Gasteiger partial charge in [0, 0.05) is 5.56 Å². The summed E-state index contributed by atoms with van der Waals surface area (Å²) in [5, 5.41) is 0. The minimum absolute atomic E-state index is 0.753. The average molecular weight is 210 g/mol. The molecular weight excluding hydrogens is 196 g/mol. The molecule has 1 aromatic carbocycles. The van der Waals surface area contributed by atoms with E-state index in [9.17, 15) is 4.79 Å². The van der Waals surface area contributed by atoms with Gasteiger partial charge in [-0.15, -0.1) is 0 Å². The van der Waals surface area contributed by atoms with Crippen LogP contribution < -0.4 is 0 Å². The van der Waals surface area contributed by atoms with Crippen LogP contribution in [0.25, 0.3) is 5.57 Å². The average Bonchev–Trinajstić information content (AvgIpc) is 2.54. The molecule has 1 aromatic rings. The van der Waals surface area contributed by atoms with Gasteiger partial charge in [-0.05, 0) is 24.5 Å². The van der Waals surface area contributed by atoms with Gasteiger partial charge in [0.1, 0.15) is 0 Å². The van der Waals surface area contributed by atoms with E-state index < -0.39 is 0 Å². The SMILES string of the molecule is CC1=C(c2ccccc2C=O)C=CC=CC1. The van der Waals surface area contributed by atoms with Gasteiger partial charge in [0.25, 0.3) is 0 Å². The van der Waals surface area contributed by atoms with Gasteiger partial charge in [-0.1, -0.05) is 54.1 Å². The van der Waals surface area contributed by atoms with E-state index in [1.54, 1.807) is 0 Å². The zero-order valence-corrected chi connectivity index (χ0v) is 9.31. The molecule has 0 bridgehead atoms. The number of allylic oxidation sites excluding steroid dienone is 6. The Hall–Kier alpha value is -1.89. The van der Waals surface area contributed by atoms with Crippen LogP contribution in [-0.2, 0) is 0 Å². The van der Waals surface area contributed by atoms with E-state index in [0.29, 0.717) is 0 Å². The number of carbonyl (C=O) groups is 1. The molecule has 0 amide bonds. The Morgan fingerprint density at radius 1 is 1.19 bits per heavy atom. The normalized spacial score (nSPS) is 15.1. The van der Waals surface area contributed by atoms with Crippen molar-refractivity contribution in [3.05, 3.63) is 65.3 Å². The molecule has 0 atom stereocenters. The van der Waals surface area contributed by atoms with Crippen molar-refractivity contribution in [2.75, 3.05) is 0 Å². The van der Waals surface area contributed by atoms with Crippen molar-refractivity contribution >= 4 is 11.9 Å². The maximum Gasteiger partial charge on any atom is 0.150 e. The molecule has 1 aliphatic rings. The maximum absolute atomic E-state index is 11.0. The molecule has 0 spiro atoms. The first-order valence-corrected chi connectivity index (χ1v) is 5.40. The van der Waals surface area contributed by atoms with Crippen LogP contribution in [0.1, 0.15) is 29.3 Å². The number of rotatable bonds is 2. The molecule has 0 radical (unpaired) electrons. The van der Waals surface area contributed by atoms with Crippen LogP contribution in [0.2, 0.25) is 0 Å². The molecule has 1 heteroatoms. The molecule has 80 valence electrons. The maximum atomic E-state index is 11.0. The van der Waals surface area contributed by atoms with Crippen molar-refractivity contribution in [3.63, 3.8) is 0 Å². The standard InChI is InChI=1S/C15H14O/c1-12-7-3-2-4-9-14(12)15-10-6-5-8-13(15)11-16/h2-6,8-11H,7H2,1H3. The van der Waals surface area contributed by atoms with E-state index in [0.717, 1.165) is 29.4 Å². The van der Waals surface area contributed by atoms with Gasteiger partial charge in [0.05, 0.1) is 0 Å². The quantitative estimate of drug-likeness (QED) is 0.679. The molecule has 0 heterocycles. The zero-order valence-electron chi connectivity index (χ0n) is 9.31. The topological polar surface area (TPSA) is 17.1 Å². The third-order valence-electron chi connectivity index (χ3n) is 2.77. The Bertz CT molecular complexity index is 490. The van der Waals surface area contributed by atoms with Crippen molar-refractivity contribution < 1.29 is 4.79 Å². The van der Waals surface area contributed by atoms with Gasteiger partial charge in [-0.3, -0.25) is 4.79 Å². The summed E-state index contributed by atoms with van der Waals surface area (Å²) in [6, 6.07) is 7.71. The Balaban J connectivity index is 2.55. The lowest BCUT2D eigenvalue weighted by atomic mass is 9.95. The Morgan fingerprint density at radius 2 is 2.00 bits per heavy atom. The third-order valence-corrected chi connectivity index (χ3v) is 2.77. The molecule has 0 unspecified atom stereocenters. The second kappa shape index (κ2) is 4.75. The summed E-state index contributed by atoms with van der Waals surface area (Å²) in [5.41, 5.74) is 4.23. The summed E-state index contributed by atoms with van der Waals surface area (Å²) in [6.07, 6.45) is 10.1. The Morgan fingerprint density at radius 3 is 2.81 bits per heavy atom. The lowest BCUT2D eigenvalue weighted by molar-refractivity contribution is 0.112. The van der Waals surface area contributed by atoms with Crippen LogP contribution in [-0.4, -0.2) is 6.29 Å². The molecule has 16 heavy (non-hydrogen) atoms. The van der Waals surface area contributed by atoms with E-state index in [1.165, 1.54) is 5.57 Å². The van der Waals surface area contributed by atoms with Crippen LogP contribution in [0.15, 0.2) is 54.1 Å². The molecule has 0 aliphatic heterocycles. The van der Waals surface area contributed by atoms with E-state index in [2.05, 4.69) is 19.1 Å². The first kappa shape index (κ1) is 10.6. The monoisotopic (exact) mass is 210 g/mol. The third kappa shape index (κ3) is 2.03. The van der Waals surface area contributed by atoms with Crippen LogP contribution >= 0.6 is 0 Å². The number of benzene rings is 1. The van der Waals surface area contributed by atoms with E-state index in [-0.39, 0.29) is 0 Å². The van der Waals surface area contributed by atoms with Crippen molar-refractivity contribution in [2.24, 2.45) is 0 Å². The van der Waals surface area contributed by atoms with Gasteiger partial charge < -0.3 is 0 Å². The Labute approximate surface area is 95.8 Å². The summed E-state index contributed by atoms with van der Waals surface area (Å²) < 4.78 is 0. The van der Waals surface area contributed by atoms with Gasteiger partial charge >= 0.3 is 0 Å². The summed E-state index contributed by atoms with van der Waals surface area (Å²) in [4.78, 5) is 11.0. The van der Waals surface area contributed by atoms with E-state index >= 15 is 0 Å². The first-order chi connectivity index (χ1) is 7.83. The van der Waals surface area contributed by atoms with Gasteiger partial charge in [-0.2, -0.15) is 0 Å². The number of carbonyl (C=O) groups excluding carboxylic acids is 1. The van der Waals surface area contributed by atoms with Gasteiger partial charge in [0.2, 0.25) is 0 Å². The Kier molecular flexibility index (Phi) is 3.16. The van der Waals surface area contributed by atoms with Crippen LogP contribution in [0.3, 0.4) is 0 Å². The van der Waals surface area contributed by atoms with Crippen LogP contribution in [0.5, 0.6) is 0 Å². The number of hydrogen-bond acceptors (Lipinski definition) is 1. The highest BCUT2D eigenvalue weighted by atomic mass is 16.1. The minimum atomic E-state index is 0.753. The molecule has 0 fully saturated rings. The highest BCUT2D eigenvalue weighted by molar-refractivity contribution is 5.89. The van der Waals surface area contributed by atoms with Crippen LogP contribution in [0.4, 0.5) is 0 Å². The summed E-state index contributed by atoms with van der Waals surface area (Å²) >= 11 is 0. The molecule has 0 aromatic heterocycles. The van der Waals surface area contributed by atoms with Crippen molar-refractivity contribution in [1.29, 1.82) is 0 Å². The van der Waals surface area contributed by atoms with Gasteiger partial charge in [0.15, 0.2) is 6.29 Å². The minimum Gasteiger partial charge on any atom is -0.298 e. The highest BCUT2D eigenvalue weighted by Crippen LogP contribution is 2.26. The zero-order chi connectivity index (χ0) is 11.4. The predicted octanol–water partition coefficient (Wildman–Crippen LogP) is 3.79. The lowest BCUT2D eigenvalue weighted by Gasteiger charge is -2.08. The fourth-order valence-corrected chi connectivity index (χ4v) is 1.89. The number of aldehydes is 1. The largest absolute Gasteiger partial charge is 0.298 e. The molecule has 0 N–H and O–H groups in total. The first-order valence-electron chi connectivity index (χ1n) is 5.40. The molecule has 0 saturated carbocycles. The fraction of sp³-hybridized carbons (Fsp3) is 0.133.